The summed E-state index contributed by atoms with van der Waals surface area (Å²) in [5, 5.41) is 18.1. The first kappa shape index (κ1) is 7.72. The van der Waals surface area contributed by atoms with Gasteiger partial charge in [-0.3, -0.25) is 4.90 Å². The summed E-state index contributed by atoms with van der Waals surface area (Å²) < 4.78 is 0. The van der Waals surface area contributed by atoms with Gasteiger partial charge in [0.25, 0.3) is 0 Å². The fraction of sp³-hybridized carbons (Fsp3) is 0.714. The maximum Gasteiger partial charge on any atom is 0.0938 e. The highest BCUT2D eigenvalue weighted by molar-refractivity contribution is 4.86. The quantitative estimate of drug-likeness (QED) is 0.498. The Bertz CT molecular complexity index is 117. The Hall–Kier alpha value is -0.380. The third kappa shape index (κ3) is 1.56. The Morgan fingerprint density at radius 2 is 1.90 bits per heavy atom. The predicted octanol–water partition coefficient (Wildman–Crippen LogP) is -0.790. The minimum Gasteiger partial charge on any atom is -0.389 e. The van der Waals surface area contributed by atoms with Crippen molar-refractivity contribution in [1.29, 1.82) is 0 Å². The van der Waals surface area contributed by atoms with Crippen LogP contribution < -0.4 is 0 Å². The molecule has 10 heavy (non-hydrogen) atoms. The van der Waals surface area contributed by atoms with Gasteiger partial charge >= 0.3 is 0 Å². The predicted molar refractivity (Wildman–Crippen MR) is 38.7 cm³/mol. The standard InChI is InChI=1S/C7H13NO2/c1-2-3-8-4-6(9)7(10)5-8/h2,6-7,9-10H,1,3-5H2/t6-,7-/m1/s1. The molecule has 1 rings (SSSR count). The van der Waals surface area contributed by atoms with Crippen molar-refractivity contribution in [1.82, 2.24) is 4.90 Å². The molecular formula is C7H13NO2. The van der Waals surface area contributed by atoms with Gasteiger partial charge < -0.3 is 10.2 Å². The van der Waals surface area contributed by atoms with E-state index in [0.717, 1.165) is 6.54 Å². The van der Waals surface area contributed by atoms with Crippen molar-refractivity contribution >= 4 is 0 Å². The molecular weight excluding hydrogens is 130 g/mol. The van der Waals surface area contributed by atoms with Gasteiger partial charge in [0.15, 0.2) is 0 Å². The van der Waals surface area contributed by atoms with Gasteiger partial charge in [-0.15, -0.1) is 6.58 Å². The number of nitrogens with zero attached hydrogens (tertiary/aromatic N) is 1. The molecule has 3 heteroatoms. The molecule has 0 aromatic heterocycles. The van der Waals surface area contributed by atoms with E-state index in [2.05, 4.69) is 6.58 Å². The normalized spacial score (nSPS) is 34.6. The maximum atomic E-state index is 9.07. The molecule has 1 aliphatic heterocycles. The van der Waals surface area contributed by atoms with E-state index >= 15 is 0 Å². The first-order valence-electron chi connectivity index (χ1n) is 3.43. The van der Waals surface area contributed by atoms with Crippen molar-refractivity contribution in [2.75, 3.05) is 19.6 Å². The van der Waals surface area contributed by atoms with Crippen LogP contribution in [0, 0.1) is 0 Å². The van der Waals surface area contributed by atoms with E-state index in [0.29, 0.717) is 13.1 Å². The zero-order valence-corrected chi connectivity index (χ0v) is 5.90. The van der Waals surface area contributed by atoms with Crippen LogP contribution in [0.15, 0.2) is 12.7 Å². The average Bonchev–Trinajstić information content (AvgIpc) is 2.14. The lowest BCUT2D eigenvalue weighted by atomic mass is 10.3. The van der Waals surface area contributed by atoms with Gasteiger partial charge in [0.2, 0.25) is 0 Å². The van der Waals surface area contributed by atoms with Crippen LogP contribution in [0.1, 0.15) is 0 Å². The third-order valence-electron chi connectivity index (χ3n) is 1.72. The average molecular weight is 143 g/mol. The first-order chi connectivity index (χ1) is 4.74. The van der Waals surface area contributed by atoms with Gasteiger partial charge in [-0.25, -0.2) is 0 Å². The molecule has 1 fully saturated rings. The van der Waals surface area contributed by atoms with Crippen molar-refractivity contribution in [3.63, 3.8) is 0 Å². The van der Waals surface area contributed by atoms with Crippen molar-refractivity contribution in [2.24, 2.45) is 0 Å². The number of aliphatic hydroxyl groups is 2. The van der Waals surface area contributed by atoms with Crippen molar-refractivity contribution in [3.05, 3.63) is 12.7 Å². The molecule has 0 unspecified atom stereocenters. The van der Waals surface area contributed by atoms with Gasteiger partial charge in [0, 0.05) is 19.6 Å². The summed E-state index contributed by atoms with van der Waals surface area (Å²) in [6.45, 7) is 5.44. The van der Waals surface area contributed by atoms with E-state index in [1.807, 2.05) is 4.90 Å². The molecule has 0 aliphatic carbocycles. The van der Waals surface area contributed by atoms with Gasteiger partial charge in [-0.05, 0) is 0 Å². The van der Waals surface area contributed by atoms with E-state index in [9.17, 15) is 0 Å². The fourth-order valence-electron chi connectivity index (χ4n) is 1.18. The molecule has 0 bridgehead atoms. The van der Waals surface area contributed by atoms with Gasteiger partial charge in [-0.2, -0.15) is 0 Å². The van der Waals surface area contributed by atoms with E-state index in [1.165, 1.54) is 0 Å². The Morgan fingerprint density at radius 3 is 2.30 bits per heavy atom. The van der Waals surface area contributed by atoms with Crippen molar-refractivity contribution in [2.45, 2.75) is 12.2 Å². The van der Waals surface area contributed by atoms with Crippen LogP contribution in [0.4, 0.5) is 0 Å². The molecule has 0 saturated carbocycles. The number of hydrogen-bond acceptors (Lipinski definition) is 3. The Balaban J connectivity index is 2.33. The highest BCUT2D eigenvalue weighted by Crippen LogP contribution is 2.08. The van der Waals surface area contributed by atoms with Gasteiger partial charge in [0.05, 0.1) is 12.2 Å². The first-order valence-corrected chi connectivity index (χ1v) is 3.43. The molecule has 1 saturated heterocycles. The summed E-state index contributed by atoms with van der Waals surface area (Å²) in [7, 11) is 0. The van der Waals surface area contributed by atoms with E-state index in [-0.39, 0.29) is 0 Å². The Morgan fingerprint density at radius 1 is 1.40 bits per heavy atom. The second-order valence-corrected chi connectivity index (χ2v) is 2.64. The lowest BCUT2D eigenvalue weighted by Crippen LogP contribution is -2.22. The molecule has 1 aliphatic rings. The number of aliphatic hydroxyl groups excluding tert-OH is 2. The number of likely N-dealkylation sites (tertiary alicyclic amines) is 1. The molecule has 0 amide bonds. The third-order valence-corrected chi connectivity index (χ3v) is 1.72. The molecule has 1 heterocycles. The van der Waals surface area contributed by atoms with Gasteiger partial charge in [0.1, 0.15) is 0 Å². The fourth-order valence-corrected chi connectivity index (χ4v) is 1.18. The maximum absolute atomic E-state index is 9.07. The van der Waals surface area contributed by atoms with Crippen molar-refractivity contribution < 1.29 is 10.2 Å². The molecule has 0 aromatic carbocycles. The second-order valence-electron chi connectivity index (χ2n) is 2.64. The summed E-state index contributed by atoms with van der Waals surface area (Å²) in [6.07, 6.45) is 0.630. The summed E-state index contributed by atoms with van der Waals surface area (Å²) in [4.78, 5) is 1.96. The van der Waals surface area contributed by atoms with Gasteiger partial charge in [-0.1, -0.05) is 6.08 Å². The minimum atomic E-state index is -0.569. The molecule has 2 atom stereocenters. The van der Waals surface area contributed by atoms with Crippen LogP contribution >= 0.6 is 0 Å². The summed E-state index contributed by atoms with van der Waals surface area (Å²) in [5.41, 5.74) is 0. The number of rotatable bonds is 2. The molecule has 0 spiro atoms. The van der Waals surface area contributed by atoms with E-state index < -0.39 is 12.2 Å². The molecule has 0 radical (unpaired) electrons. The Labute approximate surface area is 60.6 Å². The SMILES string of the molecule is C=CCN1C[C@@H](O)[C@H](O)C1. The van der Waals surface area contributed by atoms with Crippen LogP contribution in [0.2, 0.25) is 0 Å². The van der Waals surface area contributed by atoms with E-state index in [4.69, 9.17) is 10.2 Å². The summed E-state index contributed by atoms with van der Waals surface area (Å²) in [6, 6.07) is 0. The Kier molecular flexibility index (Phi) is 2.43. The van der Waals surface area contributed by atoms with Crippen LogP contribution in [0.5, 0.6) is 0 Å². The monoisotopic (exact) mass is 143 g/mol. The van der Waals surface area contributed by atoms with E-state index in [1.54, 1.807) is 6.08 Å². The highest BCUT2D eigenvalue weighted by atomic mass is 16.3. The van der Waals surface area contributed by atoms with Crippen LogP contribution in [0.3, 0.4) is 0 Å². The molecule has 3 nitrogen and oxygen atoms in total. The zero-order chi connectivity index (χ0) is 7.56. The van der Waals surface area contributed by atoms with Crippen molar-refractivity contribution in [3.8, 4) is 0 Å². The lowest BCUT2D eigenvalue weighted by molar-refractivity contribution is 0.0572. The summed E-state index contributed by atoms with van der Waals surface area (Å²) >= 11 is 0. The highest BCUT2D eigenvalue weighted by Gasteiger charge is 2.28. The molecule has 2 N–H and O–H groups in total. The minimum absolute atomic E-state index is 0.563. The van der Waals surface area contributed by atoms with Crippen LogP contribution in [-0.2, 0) is 0 Å². The second kappa shape index (κ2) is 3.14. The number of β-amino-alcohol motifs (C(OH)–C–C–N with tert-alkyl or cyclic N) is 2. The van der Waals surface area contributed by atoms with Crippen LogP contribution in [0.25, 0.3) is 0 Å². The largest absolute Gasteiger partial charge is 0.389 e. The topological polar surface area (TPSA) is 43.7 Å². The zero-order valence-electron chi connectivity index (χ0n) is 5.90. The summed E-state index contributed by atoms with van der Waals surface area (Å²) in [5.74, 6) is 0. The lowest BCUT2D eigenvalue weighted by Gasteiger charge is -2.09. The van der Waals surface area contributed by atoms with Crippen LogP contribution in [-0.4, -0.2) is 47.0 Å². The number of hydrogen-bond donors (Lipinski definition) is 2. The molecule has 0 aromatic rings. The smallest absolute Gasteiger partial charge is 0.0938 e. The molecule has 58 valence electrons.